The Morgan fingerprint density at radius 3 is 3.25 bits per heavy atom. The molecule has 1 aliphatic rings. The molecule has 1 aliphatic heterocycles. The van der Waals surface area contributed by atoms with Gasteiger partial charge in [0.1, 0.15) is 4.88 Å². The molecule has 0 spiro atoms. The van der Waals surface area contributed by atoms with E-state index in [1.807, 2.05) is 16.3 Å². The van der Waals surface area contributed by atoms with Crippen LogP contribution in [0.2, 0.25) is 0 Å². The average molecular weight is 293 g/mol. The van der Waals surface area contributed by atoms with Gasteiger partial charge in [0.05, 0.1) is 12.7 Å². The maximum absolute atomic E-state index is 12.5. The third kappa shape index (κ3) is 3.60. The largest absolute Gasteiger partial charge is 0.395 e. The van der Waals surface area contributed by atoms with E-state index in [4.69, 9.17) is 9.84 Å². The zero-order chi connectivity index (χ0) is 14.4. The fourth-order valence-electron chi connectivity index (χ4n) is 2.25. The molecule has 0 saturated carbocycles. The first-order valence-corrected chi connectivity index (χ1v) is 7.63. The minimum Gasteiger partial charge on any atom is -0.395 e. The summed E-state index contributed by atoms with van der Waals surface area (Å²) >= 11 is 1.42. The number of ether oxygens (including phenoxy) is 1. The van der Waals surface area contributed by atoms with Gasteiger partial charge in [0, 0.05) is 32.2 Å². The van der Waals surface area contributed by atoms with E-state index in [-0.39, 0.29) is 18.6 Å². The van der Waals surface area contributed by atoms with Gasteiger partial charge in [-0.15, -0.1) is 11.3 Å². The fourth-order valence-corrected chi connectivity index (χ4v) is 3.06. The van der Waals surface area contributed by atoms with Gasteiger partial charge in [-0.25, -0.2) is 0 Å². The average Bonchev–Trinajstić information content (AvgIpc) is 2.95. The monoisotopic (exact) mass is 293 g/mol. The first-order valence-electron chi connectivity index (χ1n) is 6.75. The van der Waals surface area contributed by atoms with Crippen molar-refractivity contribution in [3.8, 4) is 11.8 Å². The first kappa shape index (κ1) is 15.0. The van der Waals surface area contributed by atoms with E-state index in [0.29, 0.717) is 17.8 Å². The molecule has 1 saturated heterocycles. The molecule has 0 bridgehead atoms. The standard InChI is InChI=1S/C15H19NO3S/c1-19-13-6-4-8-16(11-13)15(18)14-12(7-10-20-14)5-2-3-9-17/h7,10,13,17H,3-4,6,8-9,11H2,1H3. The molecule has 0 aromatic carbocycles. The van der Waals surface area contributed by atoms with Gasteiger partial charge < -0.3 is 14.7 Å². The molecule has 1 amide bonds. The lowest BCUT2D eigenvalue weighted by molar-refractivity contribution is 0.0271. The molecular weight excluding hydrogens is 274 g/mol. The Balaban J connectivity index is 2.10. The highest BCUT2D eigenvalue weighted by Gasteiger charge is 2.26. The Kier molecular flexibility index (Phi) is 5.60. The molecule has 1 atom stereocenters. The molecule has 20 heavy (non-hydrogen) atoms. The molecule has 5 heteroatoms. The first-order chi connectivity index (χ1) is 9.76. The van der Waals surface area contributed by atoms with Crippen LogP contribution in [0, 0.1) is 11.8 Å². The predicted octanol–water partition coefficient (Wildman–Crippen LogP) is 1.73. The van der Waals surface area contributed by atoms with E-state index in [2.05, 4.69) is 11.8 Å². The molecule has 0 aliphatic carbocycles. The normalized spacial score (nSPS) is 18.5. The SMILES string of the molecule is COC1CCCN(C(=O)c2sccc2C#CCCO)C1. The molecule has 2 heterocycles. The number of aliphatic hydroxyl groups is 1. The van der Waals surface area contributed by atoms with Crippen LogP contribution in [0.5, 0.6) is 0 Å². The van der Waals surface area contributed by atoms with Crippen LogP contribution >= 0.6 is 11.3 Å². The maximum Gasteiger partial charge on any atom is 0.265 e. The van der Waals surface area contributed by atoms with Gasteiger partial charge in [-0.1, -0.05) is 11.8 Å². The predicted molar refractivity (Wildman–Crippen MR) is 78.8 cm³/mol. The lowest BCUT2D eigenvalue weighted by Crippen LogP contribution is -2.42. The highest BCUT2D eigenvalue weighted by Crippen LogP contribution is 2.21. The number of amides is 1. The van der Waals surface area contributed by atoms with Gasteiger partial charge in [-0.3, -0.25) is 4.79 Å². The fraction of sp³-hybridized carbons (Fsp3) is 0.533. The van der Waals surface area contributed by atoms with Crippen molar-refractivity contribution in [1.82, 2.24) is 4.90 Å². The Hall–Kier alpha value is -1.35. The molecule has 1 N–H and O–H groups in total. The zero-order valence-corrected chi connectivity index (χ0v) is 12.4. The number of nitrogens with zero attached hydrogens (tertiary/aromatic N) is 1. The summed E-state index contributed by atoms with van der Waals surface area (Å²) in [6.07, 6.45) is 2.55. The third-order valence-electron chi connectivity index (χ3n) is 3.32. The lowest BCUT2D eigenvalue weighted by Gasteiger charge is -2.31. The number of hydrogen-bond donors (Lipinski definition) is 1. The van der Waals surface area contributed by atoms with Gasteiger partial charge in [-0.2, -0.15) is 0 Å². The minimum absolute atomic E-state index is 0.0371. The van der Waals surface area contributed by atoms with Gasteiger partial charge in [0.25, 0.3) is 5.91 Å². The topological polar surface area (TPSA) is 49.8 Å². The molecule has 1 aromatic rings. The summed E-state index contributed by atoms with van der Waals surface area (Å²) in [6.45, 7) is 1.47. The van der Waals surface area contributed by atoms with Crippen LogP contribution in [-0.2, 0) is 4.74 Å². The van der Waals surface area contributed by atoms with Crippen molar-refractivity contribution in [3.63, 3.8) is 0 Å². The summed E-state index contributed by atoms with van der Waals surface area (Å²) in [5.41, 5.74) is 0.757. The summed E-state index contributed by atoms with van der Waals surface area (Å²) in [5.74, 6) is 5.86. The van der Waals surface area contributed by atoms with Gasteiger partial charge >= 0.3 is 0 Å². The van der Waals surface area contributed by atoms with Crippen LogP contribution in [0.25, 0.3) is 0 Å². The van der Waals surface area contributed by atoms with Crippen LogP contribution in [-0.4, -0.2) is 48.8 Å². The highest BCUT2D eigenvalue weighted by molar-refractivity contribution is 7.12. The number of aliphatic hydroxyl groups excluding tert-OH is 1. The third-order valence-corrected chi connectivity index (χ3v) is 4.22. The summed E-state index contributed by atoms with van der Waals surface area (Å²) in [5, 5.41) is 10.6. The Labute approximate surface area is 123 Å². The second-order valence-electron chi connectivity index (χ2n) is 4.69. The van der Waals surface area contributed by atoms with Crippen LogP contribution in [0.15, 0.2) is 11.4 Å². The summed E-state index contributed by atoms with van der Waals surface area (Å²) in [7, 11) is 1.69. The van der Waals surface area contributed by atoms with Crippen molar-refractivity contribution >= 4 is 17.2 Å². The van der Waals surface area contributed by atoms with Crippen LogP contribution in [0.3, 0.4) is 0 Å². The van der Waals surface area contributed by atoms with Crippen LogP contribution in [0.4, 0.5) is 0 Å². The number of carbonyl (C=O) groups is 1. The summed E-state index contributed by atoms with van der Waals surface area (Å²) < 4.78 is 5.35. The maximum atomic E-state index is 12.5. The van der Waals surface area contributed by atoms with Crippen LogP contribution in [0.1, 0.15) is 34.5 Å². The van der Waals surface area contributed by atoms with Crippen molar-refractivity contribution in [2.75, 3.05) is 26.8 Å². The van der Waals surface area contributed by atoms with E-state index in [1.165, 1.54) is 11.3 Å². The number of thiophene rings is 1. The molecule has 4 nitrogen and oxygen atoms in total. The van der Waals surface area contributed by atoms with E-state index in [9.17, 15) is 4.79 Å². The molecule has 108 valence electrons. The van der Waals surface area contributed by atoms with E-state index < -0.39 is 0 Å². The molecule has 0 radical (unpaired) electrons. The Bertz CT molecular complexity index is 515. The van der Waals surface area contributed by atoms with Crippen molar-refractivity contribution in [1.29, 1.82) is 0 Å². The quantitative estimate of drug-likeness (QED) is 0.864. The van der Waals surface area contributed by atoms with Gasteiger partial charge in [-0.05, 0) is 24.3 Å². The van der Waals surface area contributed by atoms with Gasteiger partial charge in [0.15, 0.2) is 0 Å². The second-order valence-corrected chi connectivity index (χ2v) is 5.61. The molecular formula is C15H19NO3S. The van der Waals surface area contributed by atoms with Crippen LogP contribution < -0.4 is 0 Å². The van der Waals surface area contributed by atoms with E-state index in [0.717, 1.165) is 24.9 Å². The second kappa shape index (κ2) is 7.44. The number of piperidine rings is 1. The molecule has 1 unspecified atom stereocenters. The molecule has 1 fully saturated rings. The Morgan fingerprint density at radius 2 is 2.50 bits per heavy atom. The van der Waals surface area contributed by atoms with E-state index >= 15 is 0 Å². The number of rotatable bonds is 3. The van der Waals surface area contributed by atoms with E-state index in [1.54, 1.807) is 7.11 Å². The molecule has 2 rings (SSSR count). The van der Waals surface area contributed by atoms with Crippen molar-refractivity contribution in [2.24, 2.45) is 0 Å². The van der Waals surface area contributed by atoms with Crippen molar-refractivity contribution in [2.45, 2.75) is 25.4 Å². The minimum atomic E-state index is 0.0371. The number of hydrogen-bond acceptors (Lipinski definition) is 4. The summed E-state index contributed by atoms with van der Waals surface area (Å²) in [4.78, 5) is 15.1. The summed E-state index contributed by atoms with van der Waals surface area (Å²) in [6, 6.07) is 1.86. The number of likely N-dealkylation sites (tertiary alicyclic amines) is 1. The molecule has 1 aromatic heterocycles. The lowest BCUT2D eigenvalue weighted by atomic mass is 10.1. The zero-order valence-electron chi connectivity index (χ0n) is 11.6. The number of methoxy groups -OCH3 is 1. The number of carbonyl (C=O) groups excluding carboxylic acids is 1. The smallest absolute Gasteiger partial charge is 0.265 e. The highest BCUT2D eigenvalue weighted by atomic mass is 32.1. The van der Waals surface area contributed by atoms with Gasteiger partial charge in [0.2, 0.25) is 0 Å². The Morgan fingerprint density at radius 1 is 1.65 bits per heavy atom. The van der Waals surface area contributed by atoms with Crippen molar-refractivity contribution in [3.05, 3.63) is 21.9 Å². The van der Waals surface area contributed by atoms with Crippen molar-refractivity contribution < 1.29 is 14.6 Å².